The van der Waals surface area contributed by atoms with Crippen molar-refractivity contribution in [2.45, 2.75) is 163 Å². The van der Waals surface area contributed by atoms with Gasteiger partial charge in [-0.05, 0) is 118 Å². The SMILES string of the molecule is CO[C@@H]1CC[C@@]2(C)[C@@H](CC[C@@]3(C)C[C@]45CC[C@@H]6C(C)(C)[C@H](OC(=O)CC(C)(C)C(=O)O)CC[C@@]6(C)[C@@]4(CC[C@@H]32)O5)C1(C)C. The molecule has 0 aromatic heterocycles. The van der Waals surface area contributed by atoms with Crippen molar-refractivity contribution >= 4 is 11.9 Å². The predicted octanol–water partition coefficient (Wildman–Crippen LogP) is 8.20. The van der Waals surface area contributed by atoms with E-state index in [1.54, 1.807) is 13.8 Å². The number of esters is 1. The molecule has 10 atom stereocenters. The van der Waals surface area contributed by atoms with Crippen molar-refractivity contribution in [2.24, 2.45) is 50.2 Å². The Morgan fingerprint density at radius 3 is 2.05 bits per heavy atom. The molecule has 6 nitrogen and oxygen atoms in total. The number of rotatable bonds is 5. The number of carbonyl (C=O) groups excluding carboxylic acids is 1. The molecule has 0 aromatic carbocycles. The number of carbonyl (C=O) groups is 2. The first-order valence-electron chi connectivity index (χ1n) is 17.4. The fourth-order valence-corrected chi connectivity index (χ4v) is 13.4. The van der Waals surface area contributed by atoms with E-state index in [-0.39, 0.29) is 45.9 Å². The van der Waals surface area contributed by atoms with Crippen molar-refractivity contribution in [3.8, 4) is 0 Å². The normalized spacial score (nSPS) is 49.6. The molecule has 1 N–H and O–H groups in total. The highest BCUT2D eigenvalue weighted by Crippen LogP contribution is 2.80. The van der Waals surface area contributed by atoms with E-state index < -0.39 is 11.4 Å². The predicted molar refractivity (Wildman–Crippen MR) is 166 cm³/mol. The van der Waals surface area contributed by atoms with Crippen molar-refractivity contribution in [1.82, 2.24) is 0 Å². The second-order valence-electron chi connectivity index (χ2n) is 18.7. The van der Waals surface area contributed by atoms with Crippen molar-refractivity contribution < 1.29 is 28.9 Å². The largest absolute Gasteiger partial charge is 0.481 e. The minimum atomic E-state index is -1.13. The van der Waals surface area contributed by atoms with Gasteiger partial charge in [-0.25, -0.2) is 0 Å². The zero-order chi connectivity index (χ0) is 31.6. The molecule has 6 aliphatic rings. The van der Waals surface area contributed by atoms with Crippen LogP contribution < -0.4 is 0 Å². The number of carboxylic acid groups (broad SMARTS) is 1. The molecule has 1 aliphatic heterocycles. The molecule has 1 heterocycles. The van der Waals surface area contributed by atoms with Crippen molar-refractivity contribution in [3.05, 3.63) is 0 Å². The molecule has 0 bridgehead atoms. The Morgan fingerprint density at radius 2 is 1.40 bits per heavy atom. The fraction of sp³-hybridized carbons (Fsp3) is 0.946. The molecule has 0 unspecified atom stereocenters. The first-order chi connectivity index (χ1) is 19.7. The highest BCUT2D eigenvalue weighted by Gasteiger charge is 2.83. The van der Waals surface area contributed by atoms with Crippen LogP contribution >= 0.6 is 0 Å². The van der Waals surface area contributed by atoms with Crippen LogP contribution in [0.4, 0.5) is 0 Å². The molecule has 5 saturated carbocycles. The van der Waals surface area contributed by atoms with E-state index in [0.717, 1.165) is 38.5 Å². The minimum Gasteiger partial charge on any atom is -0.481 e. The van der Waals surface area contributed by atoms with Crippen LogP contribution in [-0.2, 0) is 23.8 Å². The Morgan fingerprint density at radius 1 is 0.791 bits per heavy atom. The summed E-state index contributed by atoms with van der Waals surface area (Å²) in [6.07, 6.45) is 12.6. The van der Waals surface area contributed by atoms with E-state index >= 15 is 0 Å². The van der Waals surface area contributed by atoms with Gasteiger partial charge >= 0.3 is 11.9 Å². The topological polar surface area (TPSA) is 85.4 Å². The summed E-state index contributed by atoms with van der Waals surface area (Å²) in [4.78, 5) is 24.6. The Balaban J connectivity index is 1.26. The molecule has 0 amide bonds. The third-order valence-corrected chi connectivity index (χ3v) is 15.6. The molecule has 244 valence electrons. The first-order valence-corrected chi connectivity index (χ1v) is 17.4. The van der Waals surface area contributed by atoms with Crippen LogP contribution in [0.5, 0.6) is 0 Å². The van der Waals surface area contributed by atoms with Crippen LogP contribution in [0.25, 0.3) is 0 Å². The molecule has 5 aliphatic carbocycles. The van der Waals surface area contributed by atoms with Crippen LogP contribution in [0, 0.1) is 50.2 Å². The van der Waals surface area contributed by atoms with Crippen molar-refractivity contribution in [2.75, 3.05) is 7.11 Å². The molecule has 1 saturated heterocycles. The van der Waals surface area contributed by atoms with Crippen LogP contribution in [0.3, 0.4) is 0 Å². The molecule has 0 aromatic rings. The molecule has 6 fully saturated rings. The average molecular weight is 601 g/mol. The summed E-state index contributed by atoms with van der Waals surface area (Å²) in [5, 5.41) is 9.55. The number of aliphatic carboxylic acids is 1. The lowest BCUT2D eigenvalue weighted by Crippen LogP contribution is -2.60. The zero-order valence-electron chi connectivity index (χ0n) is 28.9. The number of hydrogen-bond acceptors (Lipinski definition) is 5. The van der Waals surface area contributed by atoms with Gasteiger partial charge in [-0.3, -0.25) is 9.59 Å². The van der Waals surface area contributed by atoms with Gasteiger partial charge in [0, 0.05) is 17.9 Å². The van der Waals surface area contributed by atoms with Crippen LogP contribution in [-0.4, -0.2) is 47.6 Å². The quantitative estimate of drug-likeness (QED) is 0.253. The number of hydrogen-bond donors (Lipinski definition) is 1. The maximum absolute atomic E-state index is 13.0. The summed E-state index contributed by atoms with van der Waals surface area (Å²) >= 11 is 0. The fourth-order valence-electron chi connectivity index (χ4n) is 13.4. The van der Waals surface area contributed by atoms with Gasteiger partial charge in [0.25, 0.3) is 0 Å². The second-order valence-corrected chi connectivity index (χ2v) is 18.7. The summed E-state index contributed by atoms with van der Waals surface area (Å²) in [5.74, 6) is 0.417. The van der Waals surface area contributed by atoms with Gasteiger partial charge in [0.2, 0.25) is 0 Å². The number of fused-ring (bicyclic) bond motifs is 4. The molecule has 43 heavy (non-hydrogen) atoms. The minimum absolute atomic E-state index is 0.0186. The molecular formula is C37H60O6. The van der Waals surface area contributed by atoms with E-state index in [9.17, 15) is 14.7 Å². The van der Waals surface area contributed by atoms with Gasteiger partial charge < -0.3 is 19.3 Å². The number of methoxy groups -OCH3 is 1. The van der Waals surface area contributed by atoms with Crippen LogP contribution in [0.2, 0.25) is 0 Å². The van der Waals surface area contributed by atoms with Gasteiger partial charge in [0.05, 0.1) is 23.5 Å². The van der Waals surface area contributed by atoms with E-state index in [1.807, 2.05) is 7.11 Å². The first kappa shape index (κ1) is 31.8. The smallest absolute Gasteiger partial charge is 0.309 e. The van der Waals surface area contributed by atoms with Gasteiger partial charge in [-0.2, -0.15) is 0 Å². The summed E-state index contributed by atoms with van der Waals surface area (Å²) in [6.45, 7) is 20.5. The van der Waals surface area contributed by atoms with E-state index in [4.69, 9.17) is 14.2 Å². The molecule has 0 spiro atoms. The van der Waals surface area contributed by atoms with E-state index in [2.05, 4.69) is 48.5 Å². The molecule has 0 radical (unpaired) electrons. The lowest BCUT2D eigenvalue weighted by molar-refractivity contribution is -0.184. The Hall–Kier alpha value is -1.14. The molecule has 6 heteroatoms. The number of carboxylic acids is 1. The van der Waals surface area contributed by atoms with Gasteiger partial charge in [-0.1, -0.05) is 48.5 Å². The van der Waals surface area contributed by atoms with Crippen molar-refractivity contribution in [3.63, 3.8) is 0 Å². The molecular weight excluding hydrogens is 540 g/mol. The Labute approximate surface area is 260 Å². The lowest BCUT2D eigenvalue weighted by Gasteiger charge is -2.64. The highest BCUT2D eigenvalue weighted by atomic mass is 16.6. The third kappa shape index (κ3) is 4.16. The summed E-state index contributed by atoms with van der Waals surface area (Å²) in [7, 11) is 1.91. The number of ether oxygens (including phenoxy) is 3. The zero-order valence-corrected chi connectivity index (χ0v) is 28.9. The maximum Gasteiger partial charge on any atom is 0.309 e. The van der Waals surface area contributed by atoms with Gasteiger partial charge in [-0.15, -0.1) is 0 Å². The second kappa shape index (κ2) is 9.46. The van der Waals surface area contributed by atoms with Gasteiger partial charge in [0.1, 0.15) is 11.7 Å². The summed E-state index contributed by atoms with van der Waals surface area (Å²) in [6, 6.07) is 0. The summed E-state index contributed by atoms with van der Waals surface area (Å²) < 4.78 is 19.4. The van der Waals surface area contributed by atoms with Crippen LogP contribution in [0.1, 0.15) is 139 Å². The standard InChI is InChI=1S/C37H60O6/c1-30(2,29(39)40)21-28(38)42-27-15-18-35(9)24(32(27,5)6)12-19-36-22-33(7)16-11-23-31(3,4)26(41-10)14-17-34(23,8)25(33)13-20-37(35,36)43-36/h23-27H,11-22H2,1-10H3,(H,39,40)/t23-,24+,25-,26+,27+,33-,34-,35+,36+,37+/m0/s1. The van der Waals surface area contributed by atoms with Crippen molar-refractivity contribution in [1.29, 1.82) is 0 Å². The third-order valence-electron chi connectivity index (χ3n) is 15.6. The Kier molecular flexibility index (Phi) is 7.00. The monoisotopic (exact) mass is 600 g/mol. The average Bonchev–Trinajstić information content (AvgIpc) is 3.55. The number of epoxide rings is 1. The highest BCUT2D eigenvalue weighted by molar-refractivity contribution is 5.81. The van der Waals surface area contributed by atoms with Crippen LogP contribution in [0.15, 0.2) is 0 Å². The van der Waals surface area contributed by atoms with E-state index in [0.29, 0.717) is 34.7 Å². The lowest BCUT2D eigenvalue weighted by atomic mass is 9.41. The Bertz CT molecular complexity index is 1170. The molecule has 6 rings (SSSR count). The van der Waals surface area contributed by atoms with E-state index in [1.165, 1.54) is 32.1 Å². The summed E-state index contributed by atoms with van der Waals surface area (Å²) in [5.41, 5.74) is -0.594. The van der Waals surface area contributed by atoms with Gasteiger partial charge in [0.15, 0.2) is 0 Å². The maximum atomic E-state index is 13.0.